The molecule has 4 heteroatoms. The lowest BCUT2D eigenvalue weighted by molar-refractivity contribution is -0.671. The Balaban J connectivity index is 0.000000377. The number of aromatic hydroxyl groups is 1. The summed E-state index contributed by atoms with van der Waals surface area (Å²) in [5.41, 5.74) is 0.567. The number of carbonyl (C=O) groups is 1. The number of carboxylic acid groups (broad SMARTS) is 1. The molecule has 21 heavy (non-hydrogen) atoms. The molecule has 0 fully saturated rings. The van der Waals surface area contributed by atoms with Crippen molar-refractivity contribution in [1.82, 2.24) is 0 Å². The van der Waals surface area contributed by atoms with Gasteiger partial charge in [0.15, 0.2) is 12.4 Å². The van der Waals surface area contributed by atoms with Gasteiger partial charge in [0.2, 0.25) is 0 Å². The molecule has 4 nitrogen and oxygen atoms in total. The predicted octanol–water partition coefficient (Wildman–Crippen LogP) is 3.27. The van der Waals surface area contributed by atoms with Crippen molar-refractivity contribution in [2.45, 2.75) is 13.8 Å². The SMILES string of the molecule is C=Cc1ccc(O)c(C(=O)O)c1.CC.C[n+]1ccccc1. The Labute approximate surface area is 125 Å². The van der Waals surface area contributed by atoms with Gasteiger partial charge < -0.3 is 10.2 Å². The average Bonchev–Trinajstić information content (AvgIpc) is 2.51. The molecule has 0 saturated heterocycles. The molecule has 0 aliphatic rings. The molecule has 112 valence electrons. The van der Waals surface area contributed by atoms with E-state index >= 15 is 0 Å². The Kier molecular flexibility index (Phi) is 8.93. The van der Waals surface area contributed by atoms with E-state index in [-0.39, 0.29) is 11.3 Å². The fraction of sp³-hybridized carbons (Fsp3) is 0.176. The van der Waals surface area contributed by atoms with Crippen LogP contribution in [0.3, 0.4) is 0 Å². The van der Waals surface area contributed by atoms with Crippen LogP contribution in [0.25, 0.3) is 6.08 Å². The van der Waals surface area contributed by atoms with Gasteiger partial charge in [-0.05, 0) is 17.7 Å². The van der Waals surface area contributed by atoms with Gasteiger partial charge in [0.25, 0.3) is 0 Å². The molecule has 0 saturated carbocycles. The first-order chi connectivity index (χ1) is 10.0. The Bertz CT molecular complexity index is 566. The third kappa shape index (κ3) is 6.92. The summed E-state index contributed by atoms with van der Waals surface area (Å²) < 4.78 is 2.00. The third-order valence-corrected chi connectivity index (χ3v) is 2.35. The monoisotopic (exact) mass is 288 g/mol. The summed E-state index contributed by atoms with van der Waals surface area (Å²) in [5.74, 6) is -1.37. The van der Waals surface area contributed by atoms with Crippen LogP contribution in [0.15, 0.2) is 55.4 Å². The molecule has 0 spiro atoms. The lowest BCUT2D eigenvalue weighted by Crippen LogP contribution is -2.25. The maximum Gasteiger partial charge on any atom is 0.339 e. The van der Waals surface area contributed by atoms with Gasteiger partial charge in [0.1, 0.15) is 18.4 Å². The molecule has 2 N–H and O–H groups in total. The Morgan fingerprint density at radius 1 is 1.19 bits per heavy atom. The van der Waals surface area contributed by atoms with E-state index in [0.29, 0.717) is 5.56 Å². The molecule has 1 heterocycles. The van der Waals surface area contributed by atoms with Crippen LogP contribution < -0.4 is 4.57 Å². The number of carboxylic acids is 1. The molecule has 2 rings (SSSR count). The zero-order valence-electron chi connectivity index (χ0n) is 12.7. The van der Waals surface area contributed by atoms with E-state index in [1.165, 1.54) is 18.2 Å². The van der Waals surface area contributed by atoms with Crippen LogP contribution >= 0.6 is 0 Å². The molecule has 1 aromatic heterocycles. The number of phenols is 1. The minimum absolute atomic E-state index is 0.104. The summed E-state index contributed by atoms with van der Waals surface area (Å²) in [5, 5.41) is 17.7. The van der Waals surface area contributed by atoms with Crippen LogP contribution in [-0.4, -0.2) is 16.2 Å². The van der Waals surface area contributed by atoms with Gasteiger partial charge in [0, 0.05) is 12.1 Å². The van der Waals surface area contributed by atoms with Crippen LogP contribution in [0, 0.1) is 0 Å². The number of benzene rings is 1. The van der Waals surface area contributed by atoms with Crippen molar-refractivity contribution in [3.05, 3.63) is 66.5 Å². The van der Waals surface area contributed by atoms with E-state index in [2.05, 4.69) is 6.58 Å². The number of aromatic nitrogens is 1. The predicted molar refractivity (Wildman–Crippen MR) is 84.1 cm³/mol. The zero-order chi connectivity index (χ0) is 16.3. The average molecular weight is 288 g/mol. The second-order valence-corrected chi connectivity index (χ2v) is 3.83. The summed E-state index contributed by atoms with van der Waals surface area (Å²) in [6.07, 6.45) is 5.52. The van der Waals surface area contributed by atoms with Crippen molar-refractivity contribution < 1.29 is 19.6 Å². The molecule has 0 aliphatic heterocycles. The fourth-order valence-corrected chi connectivity index (χ4v) is 1.34. The zero-order valence-corrected chi connectivity index (χ0v) is 12.7. The second kappa shape index (κ2) is 10.2. The molecule has 0 amide bonds. The highest BCUT2D eigenvalue weighted by atomic mass is 16.4. The van der Waals surface area contributed by atoms with E-state index in [9.17, 15) is 4.79 Å². The van der Waals surface area contributed by atoms with Gasteiger partial charge in [-0.1, -0.05) is 38.6 Å². The van der Waals surface area contributed by atoms with Crippen LogP contribution in [0.4, 0.5) is 0 Å². The van der Waals surface area contributed by atoms with Crippen molar-refractivity contribution in [1.29, 1.82) is 0 Å². The summed E-state index contributed by atoms with van der Waals surface area (Å²) in [6, 6.07) is 10.3. The summed E-state index contributed by atoms with van der Waals surface area (Å²) in [7, 11) is 2.00. The van der Waals surface area contributed by atoms with E-state index in [1.54, 1.807) is 6.07 Å². The van der Waals surface area contributed by atoms with Crippen LogP contribution in [0.2, 0.25) is 0 Å². The number of hydrogen-bond donors (Lipinski definition) is 2. The first-order valence-electron chi connectivity index (χ1n) is 6.63. The maximum absolute atomic E-state index is 10.5. The summed E-state index contributed by atoms with van der Waals surface area (Å²) >= 11 is 0. The molecule has 1 aromatic carbocycles. The van der Waals surface area contributed by atoms with Crippen molar-refractivity contribution >= 4 is 12.0 Å². The minimum Gasteiger partial charge on any atom is -0.507 e. The van der Waals surface area contributed by atoms with Gasteiger partial charge in [-0.15, -0.1) is 0 Å². The molecule has 0 atom stereocenters. The lowest BCUT2D eigenvalue weighted by Gasteiger charge is -1.99. The number of aromatic carboxylic acids is 1. The van der Waals surface area contributed by atoms with Crippen LogP contribution in [-0.2, 0) is 7.05 Å². The molecule has 0 unspecified atom stereocenters. The molecule has 2 aromatic rings. The van der Waals surface area contributed by atoms with E-state index in [0.717, 1.165) is 0 Å². The first-order valence-corrected chi connectivity index (χ1v) is 6.63. The Morgan fingerprint density at radius 3 is 2.14 bits per heavy atom. The molecular weight excluding hydrogens is 266 g/mol. The van der Waals surface area contributed by atoms with Gasteiger partial charge >= 0.3 is 5.97 Å². The van der Waals surface area contributed by atoms with Crippen molar-refractivity contribution in [2.24, 2.45) is 7.05 Å². The Morgan fingerprint density at radius 2 is 1.76 bits per heavy atom. The highest BCUT2D eigenvalue weighted by molar-refractivity contribution is 5.91. The number of nitrogens with zero attached hydrogens (tertiary/aromatic N) is 1. The topological polar surface area (TPSA) is 61.4 Å². The second-order valence-electron chi connectivity index (χ2n) is 3.83. The number of aryl methyl sites for hydroxylation is 1. The van der Waals surface area contributed by atoms with E-state index in [1.807, 2.05) is 56.1 Å². The van der Waals surface area contributed by atoms with Crippen molar-refractivity contribution in [2.75, 3.05) is 0 Å². The van der Waals surface area contributed by atoms with Crippen molar-refractivity contribution in [3.8, 4) is 5.75 Å². The quantitative estimate of drug-likeness (QED) is 0.834. The van der Waals surface area contributed by atoms with Crippen molar-refractivity contribution in [3.63, 3.8) is 0 Å². The van der Waals surface area contributed by atoms with Gasteiger partial charge in [-0.25, -0.2) is 9.36 Å². The number of rotatable bonds is 2. The summed E-state index contributed by atoms with van der Waals surface area (Å²) in [6.45, 7) is 7.49. The Hall–Kier alpha value is -2.62. The van der Waals surface area contributed by atoms with Crippen LogP contribution in [0.5, 0.6) is 5.75 Å². The minimum atomic E-state index is -1.14. The van der Waals surface area contributed by atoms with Gasteiger partial charge in [0.05, 0.1) is 0 Å². The number of hydrogen-bond acceptors (Lipinski definition) is 2. The molecule has 0 bridgehead atoms. The maximum atomic E-state index is 10.5. The molecule has 0 radical (unpaired) electrons. The smallest absolute Gasteiger partial charge is 0.339 e. The summed E-state index contributed by atoms with van der Waals surface area (Å²) in [4.78, 5) is 10.5. The normalized spacial score (nSPS) is 8.52. The molecular formula is C17H22NO3+. The first kappa shape index (κ1) is 18.4. The standard InChI is InChI=1S/C9H8O3.C6H8N.C2H6/c1-2-6-3-4-8(10)7(5-6)9(11)12;1-7-5-3-2-4-6-7;1-2/h2-5,10H,1H2,(H,11,12);2-6H,1H3;1-2H3/q;+1;. The highest BCUT2D eigenvalue weighted by Gasteiger charge is 2.08. The van der Waals surface area contributed by atoms with Gasteiger partial charge in [-0.2, -0.15) is 0 Å². The van der Waals surface area contributed by atoms with E-state index < -0.39 is 5.97 Å². The number of pyridine rings is 1. The fourth-order valence-electron chi connectivity index (χ4n) is 1.34. The van der Waals surface area contributed by atoms with Gasteiger partial charge in [-0.3, -0.25) is 0 Å². The van der Waals surface area contributed by atoms with Crippen LogP contribution in [0.1, 0.15) is 29.8 Å². The highest BCUT2D eigenvalue weighted by Crippen LogP contribution is 2.18. The lowest BCUT2D eigenvalue weighted by atomic mass is 10.1. The largest absolute Gasteiger partial charge is 0.507 e. The van der Waals surface area contributed by atoms with E-state index in [4.69, 9.17) is 10.2 Å². The molecule has 0 aliphatic carbocycles. The third-order valence-electron chi connectivity index (χ3n) is 2.35.